The Hall–Kier alpha value is -2.61. The van der Waals surface area contributed by atoms with Gasteiger partial charge in [-0.05, 0) is 56.1 Å². The van der Waals surface area contributed by atoms with Crippen LogP contribution in [0.3, 0.4) is 0 Å². The van der Waals surface area contributed by atoms with Gasteiger partial charge in [0.25, 0.3) is 0 Å². The second kappa shape index (κ2) is 17.8. The van der Waals surface area contributed by atoms with E-state index in [0.29, 0.717) is 26.0 Å². The Balaban J connectivity index is 0.00000352. The minimum Gasteiger partial charge on any atom is -0.494 e. The summed E-state index contributed by atoms with van der Waals surface area (Å²) in [5.41, 5.74) is 15.9. The Morgan fingerprint density at radius 3 is 2.36 bits per heavy atom. The Bertz CT molecular complexity index is 556. The molecule has 0 fully saturated rings. The fraction of sp³-hybridized carbons (Fsp3) is 0.550. The van der Waals surface area contributed by atoms with E-state index in [0.717, 1.165) is 50.0 Å². The molecular formula is C20H36N6O2. The second-order valence-corrected chi connectivity index (χ2v) is 6.09. The Kier molecular flexibility index (Phi) is 16.1. The predicted octanol–water partition coefficient (Wildman–Crippen LogP) is 1.76. The van der Waals surface area contributed by atoms with E-state index in [2.05, 4.69) is 16.0 Å². The highest BCUT2D eigenvalue weighted by Gasteiger charge is 2.01. The second-order valence-electron chi connectivity index (χ2n) is 6.09. The number of ether oxygens (including phenoxy) is 1. The monoisotopic (exact) mass is 392 g/mol. The molecule has 0 aromatic heterocycles. The van der Waals surface area contributed by atoms with Crippen molar-refractivity contribution in [3.63, 3.8) is 0 Å². The number of carbonyl (C=O) groups is 1. The summed E-state index contributed by atoms with van der Waals surface area (Å²) in [7, 11) is 1.50. The summed E-state index contributed by atoms with van der Waals surface area (Å²) in [6.45, 7) is 1.92. The molecule has 0 spiro atoms. The van der Waals surface area contributed by atoms with Crippen molar-refractivity contribution in [2.75, 3.05) is 26.7 Å². The molecule has 1 aromatic rings. The molecule has 0 saturated carbocycles. The van der Waals surface area contributed by atoms with Crippen molar-refractivity contribution in [1.82, 2.24) is 5.32 Å². The van der Waals surface area contributed by atoms with Gasteiger partial charge in [0.05, 0.1) is 6.61 Å². The van der Waals surface area contributed by atoms with Crippen molar-refractivity contribution < 1.29 is 9.53 Å². The van der Waals surface area contributed by atoms with E-state index in [1.165, 1.54) is 13.3 Å². The molecule has 0 unspecified atom stereocenters. The number of nitrogens with zero attached hydrogens (tertiary/aromatic N) is 1. The van der Waals surface area contributed by atoms with E-state index in [1.807, 2.05) is 24.3 Å². The van der Waals surface area contributed by atoms with E-state index >= 15 is 0 Å². The average Bonchev–Trinajstić information content (AvgIpc) is 2.71. The number of hydrogen-bond acceptors (Lipinski definition) is 5. The van der Waals surface area contributed by atoms with Crippen molar-refractivity contribution >= 4 is 18.1 Å². The zero-order valence-corrected chi connectivity index (χ0v) is 17.0. The van der Waals surface area contributed by atoms with Crippen LogP contribution in [0, 0.1) is 5.41 Å². The van der Waals surface area contributed by atoms with Crippen LogP contribution >= 0.6 is 0 Å². The van der Waals surface area contributed by atoms with Crippen LogP contribution in [-0.2, 0) is 4.79 Å². The molecule has 0 radical (unpaired) electrons. The lowest BCUT2D eigenvalue weighted by molar-refractivity contribution is -0.121. The van der Waals surface area contributed by atoms with Gasteiger partial charge in [-0.1, -0.05) is 19.3 Å². The largest absolute Gasteiger partial charge is 0.494 e. The lowest BCUT2D eigenvalue weighted by atomic mass is 10.1. The number of nitrogens with two attached hydrogens (primary N) is 3. The van der Waals surface area contributed by atoms with E-state index in [1.54, 1.807) is 0 Å². The Morgan fingerprint density at radius 2 is 1.71 bits per heavy atom. The lowest BCUT2D eigenvalue weighted by Crippen LogP contribution is -2.24. The summed E-state index contributed by atoms with van der Waals surface area (Å²) in [4.78, 5) is 15.7. The minimum atomic E-state index is 0.0699. The van der Waals surface area contributed by atoms with Crippen molar-refractivity contribution in [3.05, 3.63) is 29.8 Å². The fourth-order valence-corrected chi connectivity index (χ4v) is 2.37. The third-order valence-corrected chi connectivity index (χ3v) is 3.82. The SMILES string of the molecule is CN.N=Cc1ccc(OCCCC(=O)NCCCCCCCN=C(N)N)cc1. The van der Waals surface area contributed by atoms with Crippen LogP contribution in [0.1, 0.15) is 50.5 Å². The summed E-state index contributed by atoms with van der Waals surface area (Å²) >= 11 is 0. The van der Waals surface area contributed by atoms with Gasteiger partial charge >= 0.3 is 0 Å². The van der Waals surface area contributed by atoms with Crippen LogP contribution in [0.4, 0.5) is 0 Å². The summed E-state index contributed by atoms with van der Waals surface area (Å²) in [6, 6.07) is 7.32. The van der Waals surface area contributed by atoms with Gasteiger partial charge in [-0.3, -0.25) is 9.79 Å². The maximum absolute atomic E-state index is 11.7. The molecule has 8 heteroatoms. The minimum absolute atomic E-state index is 0.0699. The standard InChI is InChI=1S/C19H31N5O2.CH5N/c20-15-16-8-10-17(11-9-16)26-14-6-7-18(25)23-12-4-2-1-3-5-13-24-19(21)22;1-2/h8-11,15,20H,1-7,12-14H2,(H,23,25)(H4,21,22,24);2H2,1H3. The highest BCUT2D eigenvalue weighted by molar-refractivity contribution is 5.77. The highest BCUT2D eigenvalue weighted by atomic mass is 16.5. The van der Waals surface area contributed by atoms with Gasteiger partial charge in [0.2, 0.25) is 5.91 Å². The van der Waals surface area contributed by atoms with Crippen LogP contribution < -0.4 is 27.3 Å². The van der Waals surface area contributed by atoms with Gasteiger partial charge in [0, 0.05) is 25.7 Å². The Morgan fingerprint density at radius 1 is 1.07 bits per heavy atom. The smallest absolute Gasteiger partial charge is 0.220 e. The topological polar surface area (TPSA) is 153 Å². The van der Waals surface area contributed by atoms with E-state index in [9.17, 15) is 4.79 Å². The summed E-state index contributed by atoms with van der Waals surface area (Å²) in [5.74, 6) is 0.982. The van der Waals surface area contributed by atoms with Crippen LogP contribution in [-0.4, -0.2) is 44.8 Å². The summed E-state index contributed by atoms with van der Waals surface area (Å²) in [5, 5.41) is 10.1. The number of unbranched alkanes of at least 4 members (excludes halogenated alkanes) is 4. The van der Waals surface area contributed by atoms with Gasteiger partial charge in [-0.15, -0.1) is 0 Å². The number of hydrogen-bond donors (Lipinski definition) is 5. The molecule has 8 nitrogen and oxygen atoms in total. The van der Waals surface area contributed by atoms with Crippen molar-refractivity contribution in [2.24, 2.45) is 22.2 Å². The lowest BCUT2D eigenvalue weighted by Gasteiger charge is -2.07. The summed E-state index contributed by atoms with van der Waals surface area (Å²) < 4.78 is 5.58. The number of rotatable bonds is 14. The van der Waals surface area contributed by atoms with Crippen molar-refractivity contribution in [3.8, 4) is 5.75 Å². The first-order chi connectivity index (χ1) is 13.6. The molecule has 1 amide bonds. The average molecular weight is 393 g/mol. The first-order valence-corrected chi connectivity index (χ1v) is 9.75. The fourth-order valence-electron chi connectivity index (χ4n) is 2.37. The molecule has 0 aliphatic carbocycles. The predicted molar refractivity (Wildman–Crippen MR) is 116 cm³/mol. The van der Waals surface area contributed by atoms with Crippen LogP contribution in [0.25, 0.3) is 0 Å². The highest BCUT2D eigenvalue weighted by Crippen LogP contribution is 2.11. The van der Waals surface area contributed by atoms with Gasteiger partial charge < -0.3 is 32.7 Å². The molecular weight excluding hydrogens is 356 g/mol. The number of aliphatic imine (C=N–C) groups is 1. The third kappa shape index (κ3) is 14.5. The van der Waals surface area contributed by atoms with E-state index < -0.39 is 0 Å². The molecule has 0 heterocycles. The van der Waals surface area contributed by atoms with Crippen LogP contribution in [0.5, 0.6) is 5.75 Å². The molecule has 1 rings (SSSR count). The van der Waals surface area contributed by atoms with Crippen molar-refractivity contribution in [2.45, 2.75) is 44.9 Å². The first kappa shape index (κ1) is 25.4. The number of nitrogens with one attached hydrogen (secondary N) is 2. The molecule has 0 bridgehead atoms. The number of amides is 1. The molecule has 28 heavy (non-hydrogen) atoms. The van der Waals surface area contributed by atoms with Gasteiger partial charge in [-0.25, -0.2) is 0 Å². The third-order valence-electron chi connectivity index (χ3n) is 3.82. The van der Waals surface area contributed by atoms with Gasteiger partial charge in [0.15, 0.2) is 5.96 Å². The van der Waals surface area contributed by atoms with Crippen molar-refractivity contribution in [1.29, 1.82) is 5.41 Å². The number of carbonyl (C=O) groups excluding carboxylic acids is 1. The zero-order valence-electron chi connectivity index (χ0n) is 17.0. The van der Waals surface area contributed by atoms with E-state index in [-0.39, 0.29) is 11.9 Å². The molecule has 1 aromatic carbocycles. The zero-order chi connectivity index (χ0) is 21.0. The molecule has 8 N–H and O–H groups in total. The Labute approximate surface area is 168 Å². The van der Waals surface area contributed by atoms with E-state index in [4.69, 9.17) is 21.6 Å². The first-order valence-electron chi connectivity index (χ1n) is 9.75. The van der Waals surface area contributed by atoms with Gasteiger partial charge in [-0.2, -0.15) is 0 Å². The molecule has 158 valence electrons. The summed E-state index contributed by atoms with van der Waals surface area (Å²) in [6.07, 6.45) is 7.75. The van der Waals surface area contributed by atoms with Crippen LogP contribution in [0.15, 0.2) is 29.3 Å². The molecule has 0 aliphatic heterocycles. The quantitative estimate of drug-likeness (QED) is 0.185. The number of benzene rings is 1. The number of guanidine groups is 1. The molecule has 0 aliphatic rings. The van der Waals surface area contributed by atoms with Gasteiger partial charge in [0.1, 0.15) is 5.75 Å². The van der Waals surface area contributed by atoms with Crippen LogP contribution in [0.2, 0.25) is 0 Å². The molecule has 0 saturated heterocycles. The molecule has 0 atom stereocenters. The maximum atomic E-state index is 11.7. The maximum Gasteiger partial charge on any atom is 0.220 e. The normalized spacial score (nSPS) is 9.64.